The highest BCUT2D eigenvalue weighted by molar-refractivity contribution is 9.10. The molecule has 0 spiro atoms. The van der Waals surface area contributed by atoms with Gasteiger partial charge >= 0.3 is 0 Å². The smallest absolute Gasteiger partial charge is 0.110 e. The number of hydrogen-bond donors (Lipinski definition) is 1. The third-order valence-electron chi connectivity index (χ3n) is 2.53. The molecule has 4 heteroatoms. The third-order valence-corrected chi connectivity index (χ3v) is 4.21. The van der Waals surface area contributed by atoms with E-state index in [0.29, 0.717) is 6.04 Å². The van der Waals surface area contributed by atoms with Crippen LogP contribution in [-0.2, 0) is 6.54 Å². The lowest BCUT2D eigenvalue weighted by Crippen LogP contribution is -2.17. The van der Waals surface area contributed by atoms with Gasteiger partial charge in [-0.05, 0) is 31.5 Å². The molecule has 1 heterocycles. The summed E-state index contributed by atoms with van der Waals surface area (Å²) in [6, 6.07) is 8.68. The zero-order valence-corrected chi connectivity index (χ0v) is 12.3. The predicted molar refractivity (Wildman–Crippen MR) is 76.2 cm³/mol. The molecule has 1 aromatic carbocycles. The maximum absolute atomic E-state index is 4.49. The standard InChI is InChI=1S/C13H15BrN2S/c1-9-8-17-13(16-9)10(2)15-7-11-3-5-12(14)6-4-11/h3-6,8,10,15H,7H2,1-2H3. The molecule has 17 heavy (non-hydrogen) atoms. The molecule has 0 aliphatic heterocycles. The summed E-state index contributed by atoms with van der Waals surface area (Å²) < 4.78 is 1.12. The zero-order valence-electron chi connectivity index (χ0n) is 9.90. The van der Waals surface area contributed by atoms with Crippen molar-refractivity contribution in [2.75, 3.05) is 0 Å². The van der Waals surface area contributed by atoms with Crippen molar-refractivity contribution in [2.45, 2.75) is 26.4 Å². The van der Waals surface area contributed by atoms with Crippen LogP contribution >= 0.6 is 27.3 Å². The van der Waals surface area contributed by atoms with Gasteiger partial charge < -0.3 is 5.32 Å². The van der Waals surface area contributed by atoms with E-state index in [1.54, 1.807) is 11.3 Å². The van der Waals surface area contributed by atoms with Crippen LogP contribution in [-0.4, -0.2) is 4.98 Å². The molecule has 2 aromatic rings. The van der Waals surface area contributed by atoms with Gasteiger partial charge in [-0.3, -0.25) is 0 Å². The number of nitrogens with one attached hydrogen (secondary N) is 1. The van der Waals surface area contributed by atoms with Gasteiger partial charge in [0.2, 0.25) is 0 Å². The van der Waals surface area contributed by atoms with E-state index in [1.165, 1.54) is 5.56 Å². The van der Waals surface area contributed by atoms with Crippen LogP contribution in [0, 0.1) is 6.92 Å². The second kappa shape index (κ2) is 5.76. The first kappa shape index (κ1) is 12.7. The molecule has 1 aromatic heterocycles. The van der Waals surface area contributed by atoms with E-state index in [9.17, 15) is 0 Å². The van der Waals surface area contributed by atoms with Crippen molar-refractivity contribution in [1.82, 2.24) is 10.3 Å². The highest BCUT2D eigenvalue weighted by atomic mass is 79.9. The van der Waals surface area contributed by atoms with Crippen molar-refractivity contribution in [3.63, 3.8) is 0 Å². The predicted octanol–water partition coefficient (Wildman–Crippen LogP) is 4.06. The maximum Gasteiger partial charge on any atom is 0.110 e. The summed E-state index contributed by atoms with van der Waals surface area (Å²) >= 11 is 5.15. The summed E-state index contributed by atoms with van der Waals surface area (Å²) in [6.45, 7) is 5.05. The van der Waals surface area contributed by atoms with Crippen molar-refractivity contribution in [2.24, 2.45) is 0 Å². The van der Waals surface area contributed by atoms with Crippen LogP contribution in [0.1, 0.15) is 29.2 Å². The van der Waals surface area contributed by atoms with Gasteiger partial charge in [-0.2, -0.15) is 0 Å². The van der Waals surface area contributed by atoms with Gasteiger partial charge in [-0.1, -0.05) is 28.1 Å². The normalized spacial score (nSPS) is 12.6. The molecule has 1 atom stereocenters. The Morgan fingerprint density at radius 3 is 2.65 bits per heavy atom. The zero-order chi connectivity index (χ0) is 12.3. The molecule has 0 aliphatic rings. The summed E-state index contributed by atoms with van der Waals surface area (Å²) in [7, 11) is 0. The minimum atomic E-state index is 0.303. The van der Waals surface area contributed by atoms with Gasteiger partial charge in [0.15, 0.2) is 0 Å². The molecule has 0 amide bonds. The van der Waals surface area contributed by atoms with Crippen molar-refractivity contribution in [1.29, 1.82) is 0 Å². The number of hydrogen-bond acceptors (Lipinski definition) is 3. The summed E-state index contributed by atoms with van der Waals surface area (Å²) in [5.41, 5.74) is 2.38. The minimum absolute atomic E-state index is 0.303. The number of rotatable bonds is 4. The quantitative estimate of drug-likeness (QED) is 0.921. The maximum atomic E-state index is 4.49. The molecule has 2 nitrogen and oxygen atoms in total. The Kier molecular flexibility index (Phi) is 4.31. The Morgan fingerprint density at radius 2 is 2.06 bits per heavy atom. The number of benzene rings is 1. The van der Waals surface area contributed by atoms with Gasteiger partial charge in [0.05, 0.1) is 6.04 Å². The van der Waals surface area contributed by atoms with E-state index in [0.717, 1.165) is 21.7 Å². The fourth-order valence-electron chi connectivity index (χ4n) is 1.53. The Balaban J connectivity index is 1.92. The van der Waals surface area contributed by atoms with Crippen molar-refractivity contribution in [3.8, 4) is 0 Å². The monoisotopic (exact) mass is 310 g/mol. The SMILES string of the molecule is Cc1csc(C(C)NCc2ccc(Br)cc2)n1. The molecule has 0 fully saturated rings. The summed E-state index contributed by atoms with van der Waals surface area (Å²) in [5, 5.41) is 6.72. The van der Waals surface area contributed by atoms with Crippen molar-refractivity contribution in [3.05, 3.63) is 50.4 Å². The average Bonchev–Trinajstić information content (AvgIpc) is 2.75. The molecule has 0 saturated heterocycles. The lowest BCUT2D eigenvalue weighted by molar-refractivity contribution is 0.571. The Labute approximate surface area is 114 Å². The first-order valence-corrected chi connectivity index (χ1v) is 7.22. The van der Waals surface area contributed by atoms with Gasteiger partial charge in [0, 0.05) is 22.1 Å². The van der Waals surface area contributed by atoms with E-state index in [4.69, 9.17) is 0 Å². The highest BCUT2D eigenvalue weighted by Gasteiger charge is 2.08. The van der Waals surface area contributed by atoms with Crippen LogP contribution < -0.4 is 5.32 Å². The largest absolute Gasteiger partial charge is 0.304 e. The van der Waals surface area contributed by atoms with Crippen LogP contribution in [0.3, 0.4) is 0 Å². The van der Waals surface area contributed by atoms with Crippen LogP contribution in [0.2, 0.25) is 0 Å². The lowest BCUT2D eigenvalue weighted by atomic mass is 10.2. The molecular formula is C13H15BrN2S. The topological polar surface area (TPSA) is 24.9 Å². The molecule has 0 bridgehead atoms. The molecule has 1 N–H and O–H groups in total. The fourth-order valence-corrected chi connectivity index (χ4v) is 2.62. The van der Waals surface area contributed by atoms with E-state index < -0.39 is 0 Å². The number of thiazole rings is 1. The molecule has 0 aliphatic carbocycles. The number of aromatic nitrogens is 1. The van der Waals surface area contributed by atoms with E-state index in [1.807, 2.05) is 6.92 Å². The first-order valence-electron chi connectivity index (χ1n) is 5.55. The average molecular weight is 311 g/mol. The summed E-state index contributed by atoms with van der Waals surface area (Å²) in [6.07, 6.45) is 0. The van der Waals surface area contributed by atoms with E-state index in [2.05, 4.69) is 62.8 Å². The fraction of sp³-hybridized carbons (Fsp3) is 0.308. The van der Waals surface area contributed by atoms with Crippen LogP contribution in [0.5, 0.6) is 0 Å². The second-order valence-corrected chi connectivity index (χ2v) is 5.86. The molecule has 0 saturated carbocycles. The van der Waals surface area contributed by atoms with Gasteiger partial charge in [-0.15, -0.1) is 11.3 Å². The van der Waals surface area contributed by atoms with Crippen LogP contribution in [0.15, 0.2) is 34.1 Å². The number of halogens is 1. The molecular weight excluding hydrogens is 296 g/mol. The lowest BCUT2D eigenvalue weighted by Gasteiger charge is -2.11. The van der Waals surface area contributed by atoms with Crippen molar-refractivity contribution < 1.29 is 0 Å². The Bertz CT molecular complexity index is 478. The molecule has 90 valence electrons. The second-order valence-electron chi connectivity index (χ2n) is 4.06. The van der Waals surface area contributed by atoms with Crippen LogP contribution in [0.25, 0.3) is 0 Å². The van der Waals surface area contributed by atoms with Gasteiger partial charge in [0.25, 0.3) is 0 Å². The third kappa shape index (κ3) is 3.63. The summed E-state index contributed by atoms with van der Waals surface area (Å²) in [5.74, 6) is 0. The van der Waals surface area contributed by atoms with Crippen LogP contribution in [0.4, 0.5) is 0 Å². The molecule has 2 rings (SSSR count). The summed E-state index contributed by atoms with van der Waals surface area (Å²) in [4.78, 5) is 4.49. The highest BCUT2D eigenvalue weighted by Crippen LogP contribution is 2.18. The minimum Gasteiger partial charge on any atom is -0.304 e. The van der Waals surface area contributed by atoms with Gasteiger partial charge in [-0.25, -0.2) is 4.98 Å². The first-order chi connectivity index (χ1) is 8.15. The Hall–Kier alpha value is -0.710. The van der Waals surface area contributed by atoms with E-state index >= 15 is 0 Å². The van der Waals surface area contributed by atoms with E-state index in [-0.39, 0.29) is 0 Å². The number of nitrogens with zero attached hydrogens (tertiary/aromatic N) is 1. The van der Waals surface area contributed by atoms with Crippen molar-refractivity contribution >= 4 is 27.3 Å². The molecule has 0 radical (unpaired) electrons. The number of aryl methyl sites for hydroxylation is 1. The Morgan fingerprint density at radius 1 is 1.35 bits per heavy atom. The van der Waals surface area contributed by atoms with Gasteiger partial charge in [0.1, 0.15) is 5.01 Å². The molecule has 1 unspecified atom stereocenters.